The highest BCUT2D eigenvalue weighted by Crippen LogP contribution is 2.22. The van der Waals surface area contributed by atoms with E-state index in [-0.39, 0.29) is 0 Å². The Bertz CT molecular complexity index is 465. The van der Waals surface area contributed by atoms with Gasteiger partial charge in [0.25, 0.3) is 0 Å². The van der Waals surface area contributed by atoms with Crippen molar-refractivity contribution in [2.45, 2.75) is 12.8 Å². The lowest BCUT2D eigenvalue weighted by atomic mass is 10.2. The lowest BCUT2D eigenvalue weighted by molar-refractivity contribution is 0.495. The number of hydrogen-bond donors (Lipinski definition) is 1. The first-order chi connectivity index (χ1) is 8.29. The summed E-state index contributed by atoms with van der Waals surface area (Å²) in [6.45, 7) is 0.971. The lowest BCUT2D eigenvalue weighted by Crippen LogP contribution is -2.08. The molecule has 2 rings (SSSR count). The predicted molar refractivity (Wildman–Crippen MR) is 69.2 cm³/mol. The second-order valence-corrected chi connectivity index (χ2v) is 4.27. The number of benzene rings is 1. The molecular weight excluding hydrogens is 236 g/mol. The number of nitrogens with one attached hydrogen (secondary N) is 1. The van der Waals surface area contributed by atoms with Crippen molar-refractivity contribution in [2.75, 3.05) is 13.6 Å². The predicted octanol–water partition coefficient (Wildman–Crippen LogP) is 3.15. The van der Waals surface area contributed by atoms with E-state index in [1.54, 1.807) is 6.20 Å². The topological polar surface area (TPSA) is 38.1 Å². The molecule has 0 bridgehead atoms. The zero-order valence-corrected chi connectivity index (χ0v) is 10.5. The maximum Gasteiger partial charge on any atom is 0.194 e. The highest BCUT2D eigenvalue weighted by atomic mass is 35.5. The molecule has 0 unspecified atom stereocenters. The molecule has 3 nitrogen and oxygen atoms in total. The summed E-state index contributed by atoms with van der Waals surface area (Å²) in [4.78, 5) is 4.26. The molecule has 2 aromatic rings. The van der Waals surface area contributed by atoms with Crippen LogP contribution in [0.15, 0.2) is 34.9 Å². The molecule has 17 heavy (non-hydrogen) atoms. The zero-order valence-electron chi connectivity index (χ0n) is 9.74. The summed E-state index contributed by atoms with van der Waals surface area (Å²) in [6.07, 6.45) is 3.64. The van der Waals surface area contributed by atoms with E-state index in [0.29, 0.717) is 0 Å². The van der Waals surface area contributed by atoms with Gasteiger partial charge in [-0.3, -0.25) is 0 Å². The normalized spacial score (nSPS) is 10.7. The minimum Gasteiger partial charge on any atom is -0.441 e. The maximum absolute atomic E-state index is 5.84. The third-order valence-corrected chi connectivity index (χ3v) is 2.75. The number of oxazole rings is 1. The Morgan fingerprint density at radius 1 is 1.29 bits per heavy atom. The van der Waals surface area contributed by atoms with Crippen molar-refractivity contribution in [3.05, 3.63) is 41.4 Å². The molecule has 0 radical (unpaired) electrons. The number of aromatic nitrogens is 1. The second-order valence-electron chi connectivity index (χ2n) is 3.83. The van der Waals surface area contributed by atoms with Crippen molar-refractivity contribution >= 4 is 11.6 Å². The van der Waals surface area contributed by atoms with Crippen molar-refractivity contribution in [3.63, 3.8) is 0 Å². The van der Waals surface area contributed by atoms with Crippen LogP contribution in [0.2, 0.25) is 5.02 Å². The van der Waals surface area contributed by atoms with E-state index in [9.17, 15) is 0 Å². The molecule has 1 N–H and O–H groups in total. The summed E-state index contributed by atoms with van der Waals surface area (Å²) in [5.41, 5.74) is 1.00. The number of hydrogen-bond acceptors (Lipinski definition) is 3. The molecule has 0 aliphatic rings. The minimum absolute atomic E-state index is 0.725. The number of nitrogens with zero attached hydrogens (tertiary/aromatic N) is 1. The van der Waals surface area contributed by atoms with E-state index in [0.717, 1.165) is 41.6 Å². The van der Waals surface area contributed by atoms with Crippen molar-refractivity contribution < 1.29 is 4.42 Å². The summed E-state index contributed by atoms with van der Waals surface area (Å²) in [6, 6.07) is 7.56. The van der Waals surface area contributed by atoms with Crippen molar-refractivity contribution in [1.82, 2.24) is 10.3 Å². The van der Waals surface area contributed by atoms with Gasteiger partial charge in [-0.05, 0) is 44.3 Å². The van der Waals surface area contributed by atoms with Crippen LogP contribution in [0.3, 0.4) is 0 Å². The molecule has 90 valence electrons. The Kier molecular flexibility index (Phi) is 4.18. The Morgan fingerprint density at radius 2 is 2.06 bits per heavy atom. The van der Waals surface area contributed by atoms with Gasteiger partial charge in [-0.2, -0.15) is 0 Å². The van der Waals surface area contributed by atoms with Crippen LogP contribution in [0.1, 0.15) is 12.3 Å². The molecule has 4 heteroatoms. The van der Waals surface area contributed by atoms with E-state index >= 15 is 0 Å². The highest BCUT2D eigenvalue weighted by molar-refractivity contribution is 6.30. The van der Waals surface area contributed by atoms with Crippen LogP contribution in [0.25, 0.3) is 11.3 Å². The highest BCUT2D eigenvalue weighted by Gasteiger charge is 2.05. The van der Waals surface area contributed by atoms with Crippen LogP contribution in [0.4, 0.5) is 0 Å². The fraction of sp³-hybridized carbons (Fsp3) is 0.308. The summed E-state index contributed by atoms with van der Waals surface area (Å²) in [7, 11) is 1.94. The Hall–Kier alpha value is -1.32. The Morgan fingerprint density at radius 3 is 2.76 bits per heavy atom. The third-order valence-electron chi connectivity index (χ3n) is 2.50. The van der Waals surface area contributed by atoms with E-state index < -0.39 is 0 Å². The standard InChI is InChI=1S/C13H15ClN2O/c1-15-8-2-3-13-16-9-12(17-13)10-4-6-11(14)7-5-10/h4-7,9,15H,2-3,8H2,1H3. The molecular formula is C13H15ClN2O. The number of halogens is 1. The van der Waals surface area contributed by atoms with Gasteiger partial charge in [-0.25, -0.2) is 4.98 Å². The molecule has 1 heterocycles. The van der Waals surface area contributed by atoms with Gasteiger partial charge in [0.15, 0.2) is 11.7 Å². The first-order valence-electron chi connectivity index (χ1n) is 5.65. The van der Waals surface area contributed by atoms with Gasteiger partial charge < -0.3 is 9.73 Å². The molecule has 0 spiro atoms. The molecule has 0 amide bonds. The fourth-order valence-electron chi connectivity index (χ4n) is 1.59. The third kappa shape index (κ3) is 3.32. The van der Waals surface area contributed by atoms with Crippen LogP contribution in [0.5, 0.6) is 0 Å². The van der Waals surface area contributed by atoms with Gasteiger partial charge in [0.05, 0.1) is 6.20 Å². The molecule has 1 aromatic carbocycles. The fourth-order valence-corrected chi connectivity index (χ4v) is 1.72. The molecule has 0 fully saturated rings. The van der Waals surface area contributed by atoms with E-state index in [1.807, 2.05) is 31.3 Å². The smallest absolute Gasteiger partial charge is 0.194 e. The Labute approximate surface area is 106 Å². The summed E-state index contributed by atoms with van der Waals surface area (Å²) < 4.78 is 5.67. The van der Waals surface area contributed by atoms with Gasteiger partial charge >= 0.3 is 0 Å². The second kappa shape index (κ2) is 5.84. The molecule has 0 aliphatic carbocycles. The lowest BCUT2D eigenvalue weighted by Gasteiger charge is -1.97. The molecule has 1 aromatic heterocycles. The van der Waals surface area contributed by atoms with E-state index in [2.05, 4.69) is 10.3 Å². The van der Waals surface area contributed by atoms with Crippen LogP contribution < -0.4 is 5.32 Å². The quantitative estimate of drug-likeness (QED) is 0.829. The summed E-state index contributed by atoms with van der Waals surface area (Å²) in [5, 5.41) is 3.82. The Balaban J connectivity index is 2.04. The summed E-state index contributed by atoms with van der Waals surface area (Å²) in [5.74, 6) is 1.58. The van der Waals surface area contributed by atoms with E-state index in [1.165, 1.54) is 0 Å². The number of rotatable bonds is 5. The first-order valence-corrected chi connectivity index (χ1v) is 6.02. The van der Waals surface area contributed by atoms with Gasteiger partial charge in [-0.15, -0.1) is 0 Å². The molecule has 0 atom stereocenters. The zero-order chi connectivity index (χ0) is 12.1. The average Bonchev–Trinajstić information content (AvgIpc) is 2.79. The molecule has 0 saturated heterocycles. The monoisotopic (exact) mass is 250 g/mol. The molecule has 0 aliphatic heterocycles. The van der Waals surface area contributed by atoms with Crippen molar-refractivity contribution in [1.29, 1.82) is 0 Å². The van der Waals surface area contributed by atoms with Gasteiger partial charge in [0.1, 0.15) is 0 Å². The SMILES string of the molecule is CNCCCc1ncc(-c2ccc(Cl)cc2)o1. The molecule has 0 saturated carbocycles. The van der Waals surface area contributed by atoms with Crippen LogP contribution in [-0.2, 0) is 6.42 Å². The summed E-state index contributed by atoms with van der Waals surface area (Å²) >= 11 is 5.84. The maximum atomic E-state index is 5.84. The van der Waals surface area contributed by atoms with Crippen LogP contribution >= 0.6 is 11.6 Å². The van der Waals surface area contributed by atoms with Gasteiger partial charge in [0.2, 0.25) is 0 Å². The first kappa shape index (κ1) is 12.1. The average molecular weight is 251 g/mol. The van der Waals surface area contributed by atoms with Crippen LogP contribution in [0, 0.1) is 0 Å². The van der Waals surface area contributed by atoms with Crippen LogP contribution in [-0.4, -0.2) is 18.6 Å². The minimum atomic E-state index is 0.725. The van der Waals surface area contributed by atoms with Crippen molar-refractivity contribution in [2.24, 2.45) is 0 Å². The van der Waals surface area contributed by atoms with Gasteiger partial charge in [0, 0.05) is 17.0 Å². The van der Waals surface area contributed by atoms with Gasteiger partial charge in [-0.1, -0.05) is 11.6 Å². The number of aryl methyl sites for hydroxylation is 1. The van der Waals surface area contributed by atoms with E-state index in [4.69, 9.17) is 16.0 Å². The van der Waals surface area contributed by atoms with Crippen molar-refractivity contribution in [3.8, 4) is 11.3 Å². The largest absolute Gasteiger partial charge is 0.441 e.